The van der Waals surface area contributed by atoms with Crippen molar-refractivity contribution in [3.63, 3.8) is 0 Å². The van der Waals surface area contributed by atoms with Crippen molar-refractivity contribution in [2.45, 2.75) is 178 Å². The quantitative estimate of drug-likeness (QED) is 0.0191. The van der Waals surface area contributed by atoms with Crippen LogP contribution in [-0.4, -0.2) is 200 Å². The third-order valence-corrected chi connectivity index (χ3v) is 18.7. The molecule has 1 heterocycles. The molecule has 0 aliphatic heterocycles. The largest absolute Gasteiger partial charge is 0.481 e. The van der Waals surface area contributed by atoms with Crippen LogP contribution in [0, 0.1) is 11.8 Å². The number of aromatic nitrogens is 1. The van der Waals surface area contributed by atoms with E-state index in [0.29, 0.717) is 34.4 Å². The first-order valence-corrected chi connectivity index (χ1v) is 38.2. The van der Waals surface area contributed by atoms with Gasteiger partial charge in [0.1, 0.15) is 60.4 Å². The number of fused-ring (bicyclic) bond motifs is 1. The fourth-order valence-electron chi connectivity index (χ4n) is 11.7. The average molecular weight is 1560 g/mol. The number of aliphatic carboxylic acids is 3. The maximum atomic E-state index is 14.8. The molecule has 34 heteroatoms. The maximum absolute atomic E-state index is 14.8. The number of thiol groups is 1. The second kappa shape index (κ2) is 47.1. The number of H-pyrrole nitrogens is 1. The van der Waals surface area contributed by atoms with Gasteiger partial charge in [-0.3, -0.25) is 67.1 Å². The van der Waals surface area contributed by atoms with Crippen molar-refractivity contribution < 1.29 is 87.2 Å². The molecule has 4 aromatic carbocycles. The number of nitrogens with two attached hydrogens (primary N) is 2. The normalized spacial score (nSPS) is 14.1. The van der Waals surface area contributed by atoms with Crippen molar-refractivity contribution >= 4 is 124 Å². The monoisotopic (exact) mass is 1560 g/mol. The van der Waals surface area contributed by atoms with Crippen molar-refractivity contribution in [3.05, 3.63) is 144 Å². The number of carbonyl (C=O) groups excluding carboxylic acids is 12. The number of rotatable bonds is 50. The molecule has 596 valence electrons. The zero-order chi connectivity index (χ0) is 80.8. The van der Waals surface area contributed by atoms with E-state index in [4.69, 9.17) is 11.5 Å². The Labute approximate surface area is 647 Å². The van der Waals surface area contributed by atoms with Crippen LogP contribution in [0.4, 0.5) is 0 Å². The minimum Gasteiger partial charge on any atom is -0.481 e. The van der Waals surface area contributed by atoms with E-state index in [0.717, 1.165) is 10.9 Å². The van der Waals surface area contributed by atoms with Crippen LogP contribution in [0.5, 0.6) is 0 Å². The molecule has 0 fully saturated rings. The van der Waals surface area contributed by atoms with Crippen LogP contribution in [0.3, 0.4) is 0 Å². The topological polar surface area (TPSA) is 517 Å². The Morgan fingerprint density at radius 2 is 0.836 bits per heavy atom. The minimum absolute atomic E-state index is 0.0646. The van der Waals surface area contributed by atoms with Crippen molar-refractivity contribution in [2.75, 3.05) is 30.9 Å². The van der Waals surface area contributed by atoms with E-state index in [1.54, 1.807) is 142 Å². The lowest BCUT2D eigenvalue weighted by molar-refractivity contribution is -0.141. The van der Waals surface area contributed by atoms with Crippen molar-refractivity contribution in [2.24, 2.45) is 23.3 Å². The Hall–Kier alpha value is -10.9. The maximum Gasteiger partial charge on any atom is 0.326 e. The van der Waals surface area contributed by atoms with E-state index in [9.17, 15) is 87.2 Å². The van der Waals surface area contributed by atoms with Crippen LogP contribution >= 0.6 is 24.4 Å². The third kappa shape index (κ3) is 31.8. The molecule has 11 atom stereocenters. The second-order valence-electron chi connectivity index (χ2n) is 27.0. The van der Waals surface area contributed by atoms with Gasteiger partial charge in [-0.05, 0) is 104 Å². The van der Waals surface area contributed by atoms with E-state index in [1.807, 2.05) is 6.26 Å². The molecule has 0 saturated carbocycles. The number of aromatic amines is 1. The summed E-state index contributed by atoms with van der Waals surface area (Å²) in [5.74, 6) is -15.7. The number of benzene rings is 4. The van der Waals surface area contributed by atoms with Gasteiger partial charge in [0.25, 0.3) is 0 Å². The van der Waals surface area contributed by atoms with Crippen LogP contribution < -0.4 is 70.0 Å². The SMILES string of the molecule is CSCCC(NC(=O)C(C)CCC(N)=O)C(=O)NC(Cc1ccccc1)C(=O)NC(Cc1ccccc1)C(=O)NC(CS)C(=O)N[C@@H](Cc1ccccc1)C(=O)NC(CCCCN)C(=O)NC(CCC(=O)O)C(=O)NC(CC(C)C)C(=O)NC(CCC(=O)O)C(=O)NCC(=O)NC(Cc1c[nH]c2ccccc12)C(=O)O. The lowest BCUT2D eigenvalue weighted by atomic mass is 10.0. The molecule has 1 aromatic heterocycles. The molecule has 0 aliphatic carbocycles. The molecule has 5 rings (SSSR count). The molecule has 10 unspecified atom stereocenters. The van der Waals surface area contributed by atoms with Gasteiger partial charge in [-0.15, -0.1) is 0 Å². The first-order valence-electron chi connectivity index (χ1n) is 36.2. The molecule has 0 saturated heterocycles. The number of nitrogens with one attached hydrogen (secondary N) is 12. The summed E-state index contributed by atoms with van der Waals surface area (Å²) < 4.78 is 0. The number of primary amides is 1. The van der Waals surface area contributed by atoms with Crippen molar-refractivity contribution in [1.29, 1.82) is 0 Å². The Balaban J connectivity index is 1.36. The number of carboxylic acids is 3. The molecular formula is C76H102N14O18S2. The zero-order valence-corrected chi connectivity index (χ0v) is 63.6. The summed E-state index contributed by atoms with van der Waals surface area (Å²) in [5.41, 5.74) is 14.2. The van der Waals surface area contributed by atoms with E-state index < -0.39 is 187 Å². The van der Waals surface area contributed by atoms with Crippen molar-refractivity contribution in [1.82, 2.24) is 63.5 Å². The molecule has 0 spiro atoms. The van der Waals surface area contributed by atoms with E-state index in [2.05, 4.69) is 76.1 Å². The van der Waals surface area contributed by atoms with E-state index in [1.165, 1.54) is 11.8 Å². The van der Waals surface area contributed by atoms with Crippen LogP contribution in [0.25, 0.3) is 10.9 Å². The summed E-state index contributed by atoms with van der Waals surface area (Å²) in [6.07, 6.45) is 0.840. The standard InChI is InChI=1S/C76H102N14O18S2/c1-44(2)36-56(71(102)84-53(28-31-64(93)94)67(98)80-42-63(92)81-60(76(107)108)40-49-41-79-51-25-15-14-24-50(49)51)86-69(100)54(29-32-65(95)96)85-68(99)52(26-16-17-34-77)83-72(103)57(37-46-18-8-5-9-19-46)89-75(106)61(43-109)90-74(105)59(39-48-22-12-7-13-23-48)88-73(104)58(38-47-20-10-6-11-21-47)87-70(101)55(33-35-110-4)82-66(97)45(3)27-30-62(78)91/h5-15,18-25,41,44-45,52-61,79,109H,16-17,26-40,42-43,77H2,1-4H3,(H2,78,91)(H,80,98)(H,81,92)(H,82,97)(H,83,103)(H,84,102)(H,85,99)(H,86,100)(H,87,101)(H,88,104)(H,89,106)(H,90,105)(H,93,94)(H,95,96)(H,107,108)/t45?,52?,53?,54?,55?,56?,57-,58?,59?,60?,61?/m0/s1. The number of para-hydroxylation sites is 1. The molecule has 110 heavy (non-hydrogen) atoms. The minimum atomic E-state index is -1.73. The van der Waals surface area contributed by atoms with Crippen LogP contribution in [0.2, 0.25) is 0 Å². The first-order chi connectivity index (χ1) is 52.5. The van der Waals surface area contributed by atoms with Gasteiger partial charge in [-0.2, -0.15) is 24.4 Å². The van der Waals surface area contributed by atoms with Crippen LogP contribution in [-0.2, 0) is 97.6 Å². The number of thioether (sulfide) groups is 1. The Bertz CT molecular complexity index is 3930. The van der Waals surface area contributed by atoms with Gasteiger partial charge in [0.05, 0.1) is 6.54 Å². The highest BCUT2D eigenvalue weighted by atomic mass is 32.2. The molecule has 5 aromatic rings. The number of hydrogen-bond donors (Lipinski definition) is 18. The lowest BCUT2D eigenvalue weighted by Crippen LogP contribution is -2.61. The van der Waals surface area contributed by atoms with Crippen LogP contribution in [0.15, 0.2) is 121 Å². The number of hydrogen-bond acceptors (Lipinski definition) is 18. The molecular weight excluding hydrogens is 1460 g/mol. The Morgan fingerprint density at radius 3 is 1.28 bits per heavy atom. The predicted octanol–water partition coefficient (Wildman–Crippen LogP) is 0.976. The summed E-state index contributed by atoms with van der Waals surface area (Å²) in [4.78, 5) is 208. The predicted molar refractivity (Wildman–Crippen MR) is 413 cm³/mol. The van der Waals surface area contributed by atoms with Crippen molar-refractivity contribution in [3.8, 4) is 0 Å². The van der Waals surface area contributed by atoms with Gasteiger partial charge in [0.2, 0.25) is 70.9 Å². The Morgan fingerprint density at radius 1 is 0.436 bits per heavy atom. The molecule has 0 bridgehead atoms. The summed E-state index contributed by atoms with van der Waals surface area (Å²) in [7, 11) is 0. The van der Waals surface area contributed by atoms with Crippen LogP contribution in [0.1, 0.15) is 114 Å². The molecule has 32 nitrogen and oxygen atoms in total. The summed E-state index contributed by atoms with van der Waals surface area (Å²) in [6, 6.07) is 17.9. The molecule has 0 radical (unpaired) electrons. The summed E-state index contributed by atoms with van der Waals surface area (Å²) in [6.45, 7) is 4.29. The lowest BCUT2D eigenvalue weighted by Gasteiger charge is -2.28. The van der Waals surface area contributed by atoms with Gasteiger partial charge < -0.3 is 90.3 Å². The fourth-order valence-corrected chi connectivity index (χ4v) is 12.4. The third-order valence-electron chi connectivity index (χ3n) is 17.7. The second-order valence-corrected chi connectivity index (χ2v) is 28.4. The number of carboxylic acid groups (broad SMARTS) is 3. The van der Waals surface area contributed by atoms with Gasteiger partial charge >= 0.3 is 17.9 Å². The van der Waals surface area contributed by atoms with E-state index >= 15 is 0 Å². The fraction of sp³-hybridized carbons (Fsp3) is 0.461. The number of unbranched alkanes of at least 4 members (excludes halogenated alkanes) is 1. The molecule has 19 N–H and O–H groups in total. The van der Waals surface area contributed by atoms with Gasteiger partial charge in [-0.1, -0.05) is 130 Å². The molecule has 12 amide bonds. The zero-order valence-electron chi connectivity index (χ0n) is 61.9. The van der Waals surface area contributed by atoms with Gasteiger partial charge in [-0.25, -0.2) is 4.79 Å². The number of carbonyl (C=O) groups is 15. The molecule has 0 aliphatic rings. The Kier molecular flexibility index (Phi) is 38.5. The number of amides is 12. The highest BCUT2D eigenvalue weighted by Crippen LogP contribution is 2.20. The first kappa shape index (κ1) is 89.8. The van der Waals surface area contributed by atoms with Gasteiger partial charge in [0, 0.05) is 73.7 Å². The summed E-state index contributed by atoms with van der Waals surface area (Å²) >= 11 is 5.84. The van der Waals surface area contributed by atoms with E-state index in [-0.39, 0.29) is 82.4 Å². The van der Waals surface area contributed by atoms with Gasteiger partial charge in [0.15, 0.2) is 0 Å². The average Bonchev–Trinajstić information content (AvgIpc) is 1.68. The summed E-state index contributed by atoms with van der Waals surface area (Å²) in [5, 5.41) is 58.6. The highest BCUT2D eigenvalue weighted by molar-refractivity contribution is 7.98. The smallest absolute Gasteiger partial charge is 0.326 e. The highest BCUT2D eigenvalue weighted by Gasteiger charge is 2.37.